The second-order valence-electron chi connectivity index (χ2n) is 10.2. The molecule has 2 aromatic carbocycles. The van der Waals surface area contributed by atoms with Crippen molar-refractivity contribution < 1.29 is 4.39 Å². The molecule has 1 aliphatic rings. The molecule has 7 nitrogen and oxygen atoms in total. The van der Waals surface area contributed by atoms with E-state index in [1.165, 1.54) is 12.1 Å². The third-order valence-electron chi connectivity index (χ3n) is 5.95. The zero-order chi connectivity index (χ0) is 24.8. The minimum absolute atomic E-state index is 0.0761. The number of rotatable bonds is 7. The van der Waals surface area contributed by atoms with E-state index >= 15 is 0 Å². The van der Waals surface area contributed by atoms with E-state index in [1.807, 2.05) is 23.0 Å². The molecular formula is C25H26BBrFN7. The number of nitrogens with one attached hydrogen (secondary N) is 2. The Hall–Kier alpha value is -3.01. The number of fused-ring (bicyclic) bond motifs is 1. The molecule has 1 atom stereocenters. The van der Waals surface area contributed by atoms with Crippen molar-refractivity contribution in [2.75, 3.05) is 17.2 Å². The fraction of sp³-hybridized carbons (Fsp3) is 0.360. The molecule has 5 rings (SSSR count). The van der Waals surface area contributed by atoms with Crippen LogP contribution in [0.2, 0.25) is 0 Å². The quantitative estimate of drug-likeness (QED) is 0.310. The Morgan fingerprint density at radius 2 is 1.89 bits per heavy atom. The lowest BCUT2D eigenvalue weighted by Gasteiger charge is -2.32. The van der Waals surface area contributed by atoms with E-state index in [9.17, 15) is 4.39 Å². The molecule has 1 saturated carbocycles. The highest BCUT2D eigenvalue weighted by Gasteiger charge is 2.34. The van der Waals surface area contributed by atoms with E-state index in [2.05, 4.69) is 67.6 Å². The Balaban J connectivity index is 1.57. The number of halogens is 2. The van der Waals surface area contributed by atoms with Gasteiger partial charge in [-0.1, -0.05) is 38.1 Å². The van der Waals surface area contributed by atoms with Crippen LogP contribution in [0.25, 0.3) is 10.9 Å². The number of nitrogens with zero attached hydrogens (tertiary/aromatic N) is 5. The second kappa shape index (κ2) is 8.89. The van der Waals surface area contributed by atoms with Gasteiger partial charge < -0.3 is 10.6 Å². The van der Waals surface area contributed by atoms with Crippen molar-refractivity contribution in [3.05, 3.63) is 70.5 Å². The van der Waals surface area contributed by atoms with Gasteiger partial charge in [0.15, 0.2) is 0 Å². The molecule has 1 fully saturated rings. The summed E-state index contributed by atoms with van der Waals surface area (Å²) >= 11 is 3.65. The Bertz CT molecular complexity index is 1360. The third kappa shape index (κ3) is 5.03. The summed E-state index contributed by atoms with van der Waals surface area (Å²) in [6.07, 6.45) is 5.56. The fourth-order valence-electron chi connectivity index (χ4n) is 3.89. The van der Waals surface area contributed by atoms with Gasteiger partial charge in [0.1, 0.15) is 31.5 Å². The van der Waals surface area contributed by atoms with Crippen LogP contribution in [-0.4, -0.2) is 39.4 Å². The first-order chi connectivity index (χ1) is 16.6. The molecule has 4 aromatic rings. The summed E-state index contributed by atoms with van der Waals surface area (Å²) in [6, 6.07) is 10.3. The molecule has 2 heterocycles. The van der Waals surface area contributed by atoms with Gasteiger partial charge >= 0.3 is 0 Å². The molecule has 2 aromatic heterocycles. The summed E-state index contributed by atoms with van der Waals surface area (Å²) in [4.78, 5) is 8.93. The van der Waals surface area contributed by atoms with Crippen molar-refractivity contribution in [1.82, 2.24) is 25.0 Å². The van der Waals surface area contributed by atoms with Gasteiger partial charge in [0.05, 0.1) is 23.2 Å². The average Bonchev–Trinajstić information content (AvgIpc) is 3.53. The summed E-state index contributed by atoms with van der Waals surface area (Å²) < 4.78 is 16.4. The first kappa shape index (κ1) is 23.7. The zero-order valence-corrected chi connectivity index (χ0v) is 21.5. The Kier molecular flexibility index (Phi) is 6.03. The standard InChI is InChI=1S/C25H26BBrFN7/c1-24(2,3)13-29-23-19-10-17(11-20(27)22(19)30-14-31-23)32-25(26,15-4-6-16(28)7-5-15)21-12-35(34-33-21)18-8-9-18/h4-7,10-12,14,18,32H,8-9,13H2,1-3H3,(H,29,30,31). The van der Waals surface area contributed by atoms with Crippen LogP contribution < -0.4 is 10.6 Å². The van der Waals surface area contributed by atoms with Gasteiger partial charge in [0.2, 0.25) is 0 Å². The van der Waals surface area contributed by atoms with E-state index < -0.39 is 5.44 Å². The molecule has 1 aliphatic carbocycles. The predicted molar refractivity (Wildman–Crippen MR) is 140 cm³/mol. The smallest absolute Gasteiger partial charge is 0.137 e. The van der Waals surface area contributed by atoms with Crippen molar-refractivity contribution in [3.63, 3.8) is 0 Å². The topological polar surface area (TPSA) is 80.5 Å². The van der Waals surface area contributed by atoms with Gasteiger partial charge in [0, 0.05) is 22.1 Å². The summed E-state index contributed by atoms with van der Waals surface area (Å²) in [5.41, 5.74) is 1.54. The molecule has 2 radical (unpaired) electrons. The average molecular weight is 534 g/mol. The second-order valence-corrected chi connectivity index (χ2v) is 11.1. The summed E-state index contributed by atoms with van der Waals surface area (Å²) in [6.45, 7) is 7.22. The predicted octanol–water partition coefficient (Wildman–Crippen LogP) is 5.40. The number of anilines is 2. The molecule has 0 spiro atoms. The fourth-order valence-corrected chi connectivity index (χ4v) is 4.45. The summed E-state index contributed by atoms with van der Waals surface area (Å²) in [5, 5.41) is 16.4. The molecule has 0 aliphatic heterocycles. The van der Waals surface area contributed by atoms with E-state index in [-0.39, 0.29) is 11.2 Å². The van der Waals surface area contributed by atoms with Gasteiger partial charge in [-0.05, 0) is 64.0 Å². The SMILES string of the molecule is [B]C(Nc1cc(Br)c2ncnc(NCC(C)(C)C)c2c1)(c1ccc(F)cc1)c1cn(C2CC2)nn1. The first-order valence-electron chi connectivity index (χ1n) is 11.6. The van der Waals surface area contributed by atoms with Crippen LogP contribution in [0.15, 0.2) is 53.4 Å². The van der Waals surface area contributed by atoms with Crippen molar-refractivity contribution in [2.24, 2.45) is 5.41 Å². The van der Waals surface area contributed by atoms with Crippen LogP contribution in [0.1, 0.15) is 50.9 Å². The number of benzene rings is 2. The van der Waals surface area contributed by atoms with Crippen LogP contribution in [0.3, 0.4) is 0 Å². The highest BCUT2D eigenvalue weighted by atomic mass is 79.9. The molecule has 0 bridgehead atoms. The van der Waals surface area contributed by atoms with E-state index in [1.54, 1.807) is 18.5 Å². The Labute approximate surface area is 213 Å². The maximum Gasteiger partial charge on any atom is 0.137 e. The van der Waals surface area contributed by atoms with Crippen LogP contribution in [0.4, 0.5) is 15.9 Å². The lowest BCUT2D eigenvalue weighted by molar-refractivity contribution is 0.442. The highest BCUT2D eigenvalue weighted by Crippen LogP contribution is 2.37. The molecule has 10 heteroatoms. The van der Waals surface area contributed by atoms with Gasteiger partial charge in [-0.15, -0.1) is 5.10 Å². The van der Waals surface area contributed by atoms with Crippen molar-refractivity contribution >= 4 is 46.2 Å². The van der Waals surface area contributed by atoms with Crippen molar-refractivity contribution in [1.29, 1.82) is 0 Å². The van der Waals surface area contributed by atoms with Gasteiger partial charge in [-0.3, -0.25) is 0 Å². The van der Waals surface area contributed by atoms with Gasteiger partial charge in [-0.25, -0.2) is 19.0 Å². The largest absolute Gasteiger partial charge is 0.378 e. The molecular weight excluding hydrogens is 508 g/mol. The molecule has 35 heavy (non-hydrogen) atoms. The van der Waals surface area contributed by atoms with Crippen LogP contribution in [0, 0.1) is 11.2 Å². The third-order valence-corrected chi connectivity index (χ3v) is 6.56. The van der Waals surface area contributed by atoms with Crippen LogP contribution in [0.5, 0.6) is 0 Å². The lowest BCUT2D eigenvalue weighted by atomic mass is 9.69. The van der Waals surface area contributed by atoms with Gasteiger partial charge in [0.25, 0.3) is 0 Å². The lowest BCUT2D eigenvalue weighted by Crippen LogP contribution is -2.37. The minimum atomic E-state index is -1.25. The maximum atomic E-state index is 13.7. The highest BCUT2D eigenvalue weighted by molar-refractivity contribution is 9.10. The monoisotopic (exact) mass is 533 g/mol. The molecule has 2 N–H and O–H groups in total. The Morgan fingerprint density at radius 3 is 2.57 bits per heavy atom. The van der Waals surface area contributed by atoms with Crippen molar-refractivity contribution in [3.8, 4) is 0 Å². The molecule has 0 amide bonds. The number of aromatic nitrogens is 5. The maximum absolute atomic E-state index is 13.7. The first-order valence-corrected chi connectivity index (χ1v) is 12.4. The summed E-state index contributed by atoms with van der Waals surface area (Å²) in [7, 11) is 6.99. The van der Waals surface area contributed by atoms with Crippen LogP contribution in [-0.2, 0) is 5.44 Å². The van der Waals surface area contributed by atoms with Gasteiger partial charge in [-0.2, -0.15) is 0 Å². The van der Waals surface area contributed by atoms with E-state index in [0.29, 0.717) is 17.3 Å². The molecule has 178 valence electrons. The molecule has 1 unspecified atom stereocenters. The zero-order valence-electron chi connectivity index (χ0n) is 19.9. The van der Waals surface area contributed by atoms with E-state index in [0.717, 1.165) is 46.3 Å². The Morgan fingerprint density at radius 1 is 1.14 bits per heavy atom. The number of hydrogen-bond acceptors (Lipinski definition) is 6. The van der Waals surface area contributed by atoms with Crippen molar-refractivity contribution in [2.45, 2.75) is 45.1 Å². The molecule has 0 saturated heterocycles. The van der Waals surface area contributed by atoms with E-state index in [4.69, 9.17) is 7.85 Å². The normalized spacial score (nSPS) is 15.7. The number of hydrogen-bond donors (Lipinski definition) is 2. The summed E-state index contributed by atoms with van der Waals surface area (Å²) in [5.74, 6) is 0.399. The van der Waals surface area contributed by atoms with Crippen LogP contribution >= 0.6 is 15.9 Å². The minimum Gasteiger partial charge on any atom is -0.378 e.